The van der Waals surface area contributed by atoms with E-state index in [0.29, 0.717) is 36.0 Å². The number of amides is 1. The number of nitrogens with one attached hydrogen (secondary N) is 3. The number of carbonyl (C=O) groups is 1. The molecule has 3 aromatic rings. The smallest absolute Gasteiger partial charge is 0.299 e. The Bertz CT molecular complexity index is 2020. The van der Waals surface area contributed by atoms with Gasteiger partial charge in [-0.2, -0.15) is 0 Å². The number of hydrazine groups is 1. The molecule has 1 heterocycles. The molecule has 0 bridgehead atoms. The maximum absolute atomic E-state index is 14.1. The summed E-state index contributed by atoms with van der Waals surface area (Å²) >= 11 is 25.9. The number of unbranched alkanes of at least 4 members (excludes halogenated alkanes) is 10. The van der Waals surface area contributed by atoms with Gasteiger partial charge in [-0.1, -0.05) is 118 Å². The molecule has 0 saturated carbocycles. The molecule has 0 spiro atoms. The molecule has 11 nitrogen and oxygen atoms in total. The van der Waals surface area contributed by atoms with Gasteiger partial charge in [0.2, 0.25) is 10.0 Å². The van der Waals surface area contributed by atoms with Crippen molar-refractivity contribution >= 4 is 103 Å². The van der Waals surface area contributed by atoms with E-state index >= 15 is 0 Å². The molecule has 0 atom stereocenters. The summed E-state index contributed by atoms with van der Waals surface area (Å²) in [6, 6.07) is 13.4. The highest BCUT2D eigenvalue weighted by molar-refractivity contribution is 7.88. The quantitative estimate of drug-likeness (QED) is 0.0522. The summed E-state index contributed by atoms with van der Waals surface area (Å²) in [5, 5.41) is 10.5. The fourth-order valence-corrected chi connectivity index (χ4v) is 7.93. The first-order valence-electron chi connectivity index (χ1n) is 19.5. The third-order valence-corrected chi connectivity index (χ3v) is 11.2. The molecule has 310 valence electrons. The minimum atomic E-state index is -3.32. The lowest BCUT2D eigenvalue weighted by Gasteiger charge is -2.23. The number of nitrogens with zero attached hydrogens (tertiary/aromatic N) is 4. The second kappa shape index (κ2) is 22.7. The minimum absolute atomic E-state index is 0.0377. The van der Waals surface area contributed by atoms with Crippen LogP contribution in [0.5, 0.6) is 5.75 Å². The van der Waals surface area contributed by atoms with Gasteiger partial charge in [-0.25, -0.2) is 28.1 Å². The van der Waals surface area contributed by atoms with Gasteiger partial charge in [0.05, 0.1) is 32.7 Å². The first-order chi connectivity index (χ1) is 27.2. The lowest BCUT2D eigenvalue weighted by atomic mass is 10.1. The fraction of sp³-hybridized carbons (Fsp3) is 0.463. The number of rotatable bonds is 22. The molecule has 1 saturated heterocycles. The number of ether oxygens (including phenoxy) is 1. The van der Waals surface area contributed by atoms with Gasteiger partial charge in [0.15, 0.2) is 17.4 Å². The van der Waals surface area contributed by atoms with E-state index in [0.717, 1.165) is 41.8 Å². The number of likely N-dealkylation sites (N-methyl/N-ethyl adjacent to an activating group) is 1. The Morgan fingerprint density at radius 1 is 0.842 bits per heavy atom. The van der Waals surface area contributed by atoms with Gasteiger partial charge in [-0.15, -0.1) is 0 Å². The van der Waals surface area contributed by atoms with Gasteiger partial charge < -0.3 is 9.64 Å². The van der Waals surface area contributed by atoms with E-state index < -0.39 is 15.9 Å². The molecule has 0 aliphatic carbocycles. The SMILES string of the molecule is CCCCCCCCCCCCCC(=N)Oc1ccc(Cl)c(N=C2NN(c3c(Cl)cc(Cl)cc3Cl)C(=O)C2=Nc2ccc(N(CC)CCNS(C)(=O)=O)cc2C)c1. The van der Waals surface area contributed by atoms with Crippen LogP contribution in [0.4, 0.5) is 22.7 Å². The second-order valence-corrected chi connectivity index (χ2v) is 17.5. The number of benzene rings is 3. The van der Waals surface area contributed by atoms with Gasteiger partial charge >= 0.3 is 0 Å². The van der Waals surface area contributed by atoms with Crippen molar-refractivity contribution in [1.29, 1.82) is 5.41 Å². The van der Waals surface area contributed by atoms with Gasteiger partial charge in [-0.05, 0) is 68.3 Å². The Morgan fingerprint density at radius 3 is 2.07 bits per heavy atom. The van der Waals surface area contributed by atoms with Crippen LogP contribution in [0.15, 0.2) is 58.5 Å². The lowest BCUT2D eigenvalue weighted by molar-refractivity contribution is -0.112. The molecule has 57 heavy (non-hydrogen) atoms. The van der Waals surface area contributed by atoms with Crippen LogP contribution in [0.1, 0.15) is 96.5 Å². The van der Waals surface area contributed by atoms with E-state index in [-0.39, 0.29) is 50.4 Å². The summed E-state index contributed by atoms with van der Waals surface area (Å²) in [5.41, 5.74) is 5.53. The summed E-state index contributed by atoms with van der Waals surface area (Å²) in [6.07, 6.45) is 15.1. The van der Waals surface area contributed by atoms with E-state index in [1.165, 1.54) is 63.5 Å². The molecule has 1 amide bonds. The average molecular weight is 882 g/mol. The van der Waals surface area contributed by atoms with Crippen molar-refractivity contribution in [1.82, 2.24) is 10.1 Å². The zero-order chi connectivity index (χ0) is 41.5. The van der Waals surface area contributed by atoms with Crippen molar-refractivity contribution in [2.75, 3.05) is 35.8 Å². The topological polar surface area (TPSA) is 140 Å². The third-order valence-electron chi connectivity index (χ3n) is 9.36. The molecule has 0 aromatic heterocycles. The lowest BCUT2D eigenvalue weighted by Crippen LogP contribution is -2.36. The van der Waals surface area contributed by atoms with Crippen LogP contribution in [0.2, 0.25) is 20.1 Å². The predicted molar refractivity (Wildman–Crippen MR) is 239 cm³/mol. The van der Waals surface area contributed by atoms with Gasteiger partial charge in [-0.3, -0.25) is 15.6 Å². The van der Waals surface area contributed by atoms with Crippen LogP contribution in [-0.2, 0) is 14.8 Å². The standard InChI is InChI=1S/C41H53Cl4N7O4S/c1-5-7-8-9-10-11-12-13-14-15-16-17-37(46)56-31-19-20-32(43)36(27-31)49-40-38(41(53)52(50-40)39-33(44)25-29(42)26-34(39)45)48-35-21-18-30(24-28(35)3)51(6-2)23-22-47-57(4,54)55/h18-21,24-27,46-47H,5-17,22-23H2,1-4H3,(H,49,50). The van der Waals surface area contributed by atoms with Crippen LogP contribution < -0.4 is 24.8 Å². The molecule has 4 rings (SSSR count). The van der Waals surface area contributed by atoms with Crippen LogP contribution in [-0.4, -0.2) is 57.7 Å². The summed E-state index contributed by atoms with van der Waals surface area (Å²) in [7, 11) is -3.32. The molecule has 1 aliphatic rings. The maximum atomic E-state index is 14.1. The number of aliphatic imine (C=N–C) groups is 2. The van der Waals surface area contributed by atoms with E-state index in [9.17, 15) is 13.2 Å². The Morgan fingerprint density at radius 2 is 1.47 bits per heavy atom. The molecule has 3 N–H and O–H groups in total. The summed E-state index contributed by atoms with van der Waals surface area (Å²) in [5.74, 6) is 0.0213. The van der Waals surface area contributed by atoms with Crippen molar-refractivity contribution in [2.24, 2.45) is 9.98 Å². The number of hydrogen-bond acceptors (Lipinski definition) is 8. The van der Waals surface area contributed by atoms with Crippen molar-refractivity contribution in [3.8, 4) is 5.75 Å². The van der Waals surface area contributed by atoms with Crippen molar-refractivity contribution in [2.45, 2.75) is 97.8 Å². The Hall–Kier alpha value is -3.39. The summed E-state index contributed by atoms with van der Waals surface area (Å²) < 4.78 is 31.6. The fourth-order valence-electron chi connectivity index (χ4n) is 6.32. The van der Waals surface area contributed by atoms with Crippen molar-refractivity contribution in [3.05, 3.63) is 74.2 Å². The zero-order valence-electron chi connectivity index (χ0n) is 33.1. The van der Waals surface area contributed by atoms with Crippen molar-refractivity contribution in [3.63, 3.8) is 0 Å². The maximum Gasteiger partial charge on any atom is 0.299 e. The Balaban J connectivity index is 1.53. The molecular weight excluding hydrogens is 828 g/mol. The highest BCUT2D eigenvalue weighted by Gasteiger charge is 2.37. The van der Waals surface area contributed by atoms with Gasteiger partial charge in [0, 0.05) is 42.8 Å². The normalized spacial score (nSPS) is 14.5. The number of sulfonamides is 1. The first kappa shape index (κ1) is 46.3. The van der Waals surface area contributed by atoms with Gasteiger partial charge in [0.25, 0.3) is 5.91 Å². The molecular formula is C41H53Cl4N7O4S. The van der Waals surface area contributed by atoms with Crippen LogP contribution in [0.3, 0.4) is 0 Å². The first-order valence-corrected chi connectivity index (χ1v) is 22.9. The number of hydrogen-bond donors (Lipinski definition) is 3. The van der Waals surface area contributed by atoms with Crippen LogP contribution in [0, 0.1) is 12.3 Å². The Labute approximate surface area is 357 Å². The molecule has 1 fully saturated rings. The summed E-state index contributed by atoms with van der Waals surface area (Å²) in [4.78, 5) is 25.7. The number of aryl methyl sites for hydroxylation is 1. The number of anilines is 2. The second-order valence-electron chi connectivity index (χ2n) is 14.0. The van der Waals surface area contributed by atoms with Crippen LogP contribution >= 0.6 is 46.4 Å². The Kier molecular flexibility index (Phi) is 18.4. The predicted octanol–water partition coefficient (Wildman–Crippen LogP) is 11.4. The largest absolute Gasteiger partial charge is 0.444 e. The molecule has 0 radical (unpaired) electrons. The molecule has 1 aliphatic heterocycles. The summed E-state index contributed by atoms with van der Waals surface area (Å²) in [6.45, 7) is 7.42. The van der Waals surface area contributed by atoms with E-state index in [4.69, 9.17) is 66.5 Å². The molecule has 0 unspecified atom stereocenters. The highest BCUT2D eigenvalue weighted by Crippen LogP contribution is 2.38. The monoisotopic (exact) mass is 879 g/mol. The van der Waals surface area contributed by atoms with Gasteiger partial charge in [0.1, 0.15) is 11.4 Å². The highest BCUT2D eigenvalue weighted by atomic mass is 35.5. The third kappa shape index (κ3) is 14.4. The van der Waals surface area contributed by atoms with E-state index in [2.05, 4.69) is 17.1 Å². The average Bonchev–Trinajstić information content (AvgIpc) is 3.43. The zero-order valence-corrected chi connectivity index (χ0v) is 36.9. The van der Waals surface area contributed by atoms with E-state index in [1.807, 2.05) is 30.9 Å². The molecule has 16 heteroatoms. The van der Waals surface area contributed by atoms with E-state index in [1.54, 1.807) is 24.3 Å². The van der Waals surface area contributed by atoms with Crippen molar-refractivity contribution < 1.29 is 17.9 Å². The number of halogens is 4. The minimum Gasteiger partial charge on any atom is -0.444 e. The number of carbonyl (C=O) groups excluding carboxylic acids is 1. The number of amidine groups is 1. The molecule has 3 aromatic carbocycles. The van der Waals surface area contributed by atoms with Crippen LogP contribution in [0.25, 0.3) is 0 Å².